The van der Waals surface area contributed by atoms with Crippen molar-refractivity contribution in [2.75, 3.05) is 12.0 Å². The van der Waals surface area contributed by atoms with Gasteiger partial charge in [-0.3, -0.25) is 9.78 Å². The second-order valence-corrected chi connectivity index (χ2v) is 4.28. The first-order chi connectivity index (χ1) is 10.2. The van der Waals surface area contributed by atoms with E-state index < -0.39 is 0 Å². The number of benzene rings is 1. The minimum Gasteiger partial charge on any atom is -0.490 e. The van der Waals surface area contributed by atoms with E-state index in [4.69, 9.17) is 4.74 Å². The molecule has 6 nitrogen and oxygen atoms in total. The summed E-state index contributed by atoms with van der Waals surface area (Å²) in [6, 6.07) is 8.87. The summed E-state index contributed by atoms with van der Waals surface area (Å²) in [7, 11) is 0. The normalized spacial score (nSPS) is 10.5. The molecule has 2 rings (SSSR count). The number of hydrogen-bond donors (Lipinski definition) is 2. The quantitative estimate of drug-likeness (QED) is 0.483. The van der Waals surface area contributed by atoms with E-state index in [0.717, 1.165) is 11.3 Å². The molecule has 1 aromatic carbocycles. The average Bonchev–Trinajstić information content (AvgIpc) is 2.44. The largest absolute Gasteiger partial charge is 0.490 e. The molecule has 0 saturated heterocycles. The molecule has 0 atom stereocenters. The molecular formula is C15H16N4O2. The van der Waals surface area contributed by atoms with Crippen LogP contribution in [0.2, 0.25) is 0 Å². The van der Waals surface area contributed by atoms with Gasteiger partial charge in [-0.1, -0.05) is 24.8 Å². The number of anilines is 1. The van der Waals surface area contributed by atoms with Crippen LogP contribution in [0.1, 0.15) is 11.3 Å². The summed E-state index contributed by atoms with van der Waals surface area (Å²) in [5.74, 6) is 1.04. The molecule has 6 heteroatoms. The minimum atomic E-state index is -0.222. The third-order valence-electron chi connectivity index (χ3n) is 2.48. The summed E-state index contributed by atoms with van der Waals surface area (Å²) in [4.78, 5) is 17.9. The van der Waals surface area contributed by atoms with Crippen molar-refractivity contribution in [3.8, 4) is 5.75 Å². The van der Waals surface area contributed by atoms with E-state index >= 15 is 0 Å². The molecule has 0 fully saturated rings. The standard InChI is InChI=1S/C15H16N4O2/c1-3-7-21-13-6-4-5-12(9-13)10-16-19-15-17-11(2)8-14(20)18-15/h3-6,8-10H,1,7H2,2H3,(H2,17,18,19,20)/b16-10-. The van der Waals surface area contributed by atoms with Crippen molar-refractivity contribution in [1.29, 1.82) is 0 Å². The van der Waals surface area contributed by atoms with Crippen molar-refractivity contribution in [3.05, 3.63) is 64.6 Å². The van der Waals surface area contributed by atoms with Gasteiger partial charge in [-0.2, -0.15) is 5.10 Å². The van der Waals surface area contributed by atoms with E-state index in [1.54, 1.807) is 19.2 Å². The fourth-order valence-corrected chi connectivity index (χ4v) is 1.64. The molecule has 108 valence electrons. The van der Waals surface area contributed by atoms with Crippen LogP contribution in [0.3, 0.4) is 0 Å². The molecular weight excluding hydrogens is 268 g/mol. The predicted octanol–water partition coefficient (Wildman–Crippen LogP) is 2.09. The Morgan fingerprint density at radius 2 is 2.33 bits per heavy atom. The van der Waals surface area contributed by atoms with Gasteiger partial charge in [0.15, 0.2) is 0 Å². The first-order valence-electron chi connectivity index (χ1n) is 6.38. The maximum atomic E-state index is 11.3. The minimum absolute atomic E-state index is 0.222. The van der Waals surface area contributed by atoms with E-state index in [1.807, 2.05) is 24.3 Å². The van der Waals surface area contributed by atoms with E-state index in [-0.39, 0.29) is 5.56 Å². The average molecular weight is 284 g/mol. The Kier molecular flexibility index (Phi) is 4.87. The van der Waals surface area contributed by atoms with Gasteiger partial charge in [-0.05, 0) is 24.6 Å². The summed E-state index contributed by atoms with van der Waals surface area (Å²) in [5, 5.41) is 4.03. The van der Waals surface area contributed by atoms with E-state index in [0.29, 0.717) is 18.2 Å². The molecule has 0 radical (unpaired) electrons. The molecule has 0 saturated carbocycles. The maximum Gasteiger partial charge on any atom is 0.252 e. The van der Waals surface area contributed by atoms with Crippen LogP contribution in [0.4, 0.5) is 5.95 Å². The van der Waals surface area contributed by atoms with Gasteiger partial charge < -0.3 is 4.74 Å². The highest BCUT2D eigenvalue weighted by atomic mass is 16.5. The molecule has 0 aliphatic rings. The van der Waals surface area contributed by atoms with Gasteiger partial charge in [0, 0.05) is 11.8 Å². The summed E-state index contributed by atoms with van der Waals surface area (Å²) >= 11 is 0. The fourth-order valence-electron chi connectivity index (χ4n) is 1.64. The SMILES string of the molecule is C=CCOc1cccc(/C=N\Nc2nc(C)cc(=O)[nH]2)c1. The van der Waals surface area contributed by atoms with Gasteiger partial charge in [0.25, 0.3) is 5.56 Å². The van der Waals surface area contributed by atoms with Crippen LogP contribution < -0.4 is 15.7 Å². The molecule has 0 bridgehead atoms. The van der Waals surface area contributed by atoms with Crippen molar-refractivity contribution in [3.63, 3.8) is 0 Å². The van der Waals surface area contributed by atoms with Crippen LogP contribution in [-0.4, -0.2) is 22.8 Å². The third-order valence-corrected chi connectivity index (χ3v) is 2.48. The number of hydrogen-bond acceptors (Lipinski definition) is 5. The fraction of sp³-hybridized carbons (Fsp3) is 0.133. The lowest BCUT2D eigenvalue weighted by molar-refractivity contribution is 0.363. The molecule has 1 aromatic heterocycles. The Hall–Kier alpha value is -2.89. The van der Waals surface area contributed by atoms with Gasteiger partial charge in [0.05, 0.1) is 6.21 Å². The lowest BCUT2D eigenvalue weighted by Crippen LogP contribution is -2.10. The summed E-state index contributed by atoms with van der Waals surface area (Å²) in [5.41, 5.74) is 3.94. The summed E-state index contributed by atoms with van der Waals surface area (Å²) in [6.45, 7) is 5.79. The van der Waals surface area contributed by atoms with Crippen LogP contribution in [0.5, 0.6) is 5.75 Å². The topological polar surface area (TPSA) is 79.4 Å². The smallest absolute Gasteiger partial charge is 0.252 e. The number of ether oxygens (including phenoxy) is 1. The maximum absolute atomic E-state index is 11.3. The van der Waals surface area contributed by atoms with Crippen molar-refractivity contribution in [1.82, 2.24) is 9.97 Å². The number of aromatic nitrogens is 2. The van der Waals surface area contributed by atoms with Gasteiger partial charge >= 0.3 is 0 Å². The summed E-state index contributed by atoms with van der Waals surface area (Å²) in [6.07, 6.45) is 3.30. The number of hydrazone groups is 1. The number of nitrogens with one attached hydrogen (secondary N) is 2. The van der Waals surface area contributed by atoms with Crippen molar-refractivity contribution >= 4 is 12.2 Å². The Morgan fingerprint density at radius 3 is 3.10 bits per heavy atom. The zero-order valence-electron chi connectivity index (χ0n) is 11.7. The number of aromatic amines is 1. The second kappa shape index (κ2) is 7.04. The van der Waals surface area contributed by atoms with E-state index in [1.165, 1.54) is 6.07 Å². The summed E-state index contributed by atoms with van der Waals surface area (Å²) < 4.78 is 5.43. The molecule has 0 unspecified atom stereocenters. The van der Waals surface area contributed by atoms with Gasteiger partial charge in [0.1, 0.15) is 12.4 Å². The molecule has 21 heavy (non-hydrogen) atoms. The number of rotatable bonds is 6. The molecule has 2 N–H and O–H groups in total. The first kappa shape index (κ1) is 14.5. The van der Waals surface area contributed by atoms with E-state index in [2.05, 4.69) is 27.1 Å². The molecule has 0 aliphatic heterocycles. The van der Waals surface area contributed by atoms with Crippen LogP contribution in [0.25, 0.3) is 0 Å². The Labute approximate surface area is 122 Å². The molecule has 0 spiro atoms. The zero-order chi connectivity index (χ0) is 15.1. The Balaban J connectivity index is 2.03. The van der Waals surface area contributed by atoms with Gasteiger partial charge in [0.2, 0.25) is 5.95 Å². The number of nitrogens with zero attached hydrogens (tertiary/aromatic N) is 2. The van der Waals surface area contributed by atoms with Crippen LogP contribution in [0.15, 0.2) is 52.9 Å². The first-order valence-corrected chi connectivity index (χ1v) is 6.38. The lowest BCUT2D eigenvalue weighted by Gasteiger charge is -2.03. The van der Waals surface area contributed by atoms with Crippen molar-refractivity contribution < 1.29 is 4.74 Å². The molecule has 0 amide bonds. The highest BCUT2D eigenvalue weighted by Crippen LogP contribution is 2.11. The lowest BCUT2D eigenvalue weighted by atomic mass is 10.2. The zero-order valence-corrected chi connectivity index (χ0v) is 11.7. The second-order valence-electron chi connectivity index (χ2n) is 4.28. The highest BCUT2D eigenvalue weighted by molar-refractivity contribution is 5.80. The van der Waals surface area contributed by atoms with E-state index in [9.17, 15) is 4.79 Å². The number of aryl methyl sites for hydroxylation is 1. The Morgan fingerprint density at radius 1 is 1.48 bits per heavy atom. The molecule has 2 aromatic rings. The van der Waals surface area contributed by atoms with Gasteiger partial charge in [-0.15, -0.1) is 0 Å². The van der Waals surface area contributed by atoms with Crippen LogP contribution in [-0.2, 0) is 0 Å². The predicted molar refractivity (Wildman–Crippen MR) is 82.9 cm³/mol. The van der Waals surface area contributed by atoms with Crippen molar-refractivity contribution in [2.45, 2.75) is 6.92 Å². The number of H-pyrrole nitrogens is 1. The van der Waals surface area contributed by atoms with Crippen LogP contribution >= 0.6 is 0 Å². The van der Waals surface area contributed by atoms with Crippen LogP contribution in [0, 0.1) is 6.92 Å². The third kappa shape index (κ3) is 4.61. The molecule has 1 heterocycles. The van der Waals surface area contributed by atoms with Gasteiger partial charge in [-0.25, -0.2) is 10.4 Å². The Bertz CT molecular complexity index is 707. The highest BCUT2D eigenvalue weighted by Gasteiger charge is 1.96. The molecule has 0 aliphatic carbocycles. The monoisotopic (exact) mass is 284 g/mol. The van der Waals surface area contributed by atoms with Crippen molar-refractivity contribution in [2.24, 2.45) is 5.10 Å².